The molecule has 0 saturated heterocycles. The van der Waals surface area contributed by atoms with E-state index >= 15 is 0 Å². The van der Waals surface area contributed by atoms with Crippen molar-refractivity contribution >= 4 is 5.97 Å². The SMILES string of the molecule is CCCCCCCCC#C[C@H](CCC(=O)O)OCCCC. The number of hydrogen-bond donors (Lipinski definition) is 1. The molecule has 0 bridgehead atoms. The van der Waals surface area contributed by atoms with Gasteiger partial charge in [0.15, 0.2) is 0 Å². The second-order valence-electron chi connectivity index (χ2n) is 5.48. The summed E-state index contributed by atoms with van der Waals surface area (Å²) >= 11 is 0. The summed E-state index contributed by atoms with van der Waals surface area (Å²) in [5, 5.41) is 8.74. The lowest BCUT2D eigenvalue weighted by molar-refractivity contribution is -0.137. The number of aliphatic carboxylic acids is 1. The van der Waals surface area contributed by atoms with E-state index in [0.29, 0.717) is 13.0 Å². The lowest BCUT2D eigenvalue weighted by Crippen LogP contribution is -2.13. The third kappa shape index (κ3) is 15.2. The highest BCUT2D eigenvalue weighted by atomic mass is 16.5. The molecular formula is C18H32O3. The Morgan fingerprint density at radius 1 is 1.05 bits per heavy atom. The number of hydrogen-bond acceptors (Lipinski definition) is 2. The Hall–Kier alpha value is -1.01. The van der Waals surface area contributed by atoms with Crippen molar-refractivity contribution in [2.24, 2.45) is 0 Å². The van der Waals surface area contributed by atoms with Crippen LogP contribution in [0.1, 0.15) is 84.5 Å². The first-order chi connectivity index (χ1) is 10.2. The zero-order valence-corrected chi connectivity index (χ0v) is 13.8. The van der Waals surface area contributed by atoms with Crippen LogP contribution in [0, 0.1) is 11.8 Å². The molecule has 0 fully saturated rings. The molecule has 0 unspecified atom stereocenters. The van der Waals surface area contributed by atoms with Crippen LogP contribution in [0.5, 0.6) is 0 Å². The summed E-state index contributed by atoms with van der Waals surface area (Å²) in [6, 6.07) is 0. The van der Waals surface area contributed by atoms with Crippen LogP contribution in [0.3, 0.4) is 0 Å². The largest absolute Gasteiger partial charge is 0.481 e. The molecule has 0 radical (unpaired) electrons. The maximum Gasteiger partial charge on any atom is 0.303 e. The number of carbonyl (C=O) groups is 1. The van der Waals surface area contributed by atoms with Gasteiger partial charge in [0.25, 0.3) is 0 Å². The molecule has 0 rings (SSSR count). The van der Waals surface area contributed by atoms with E-state index in [1.807, 2.05) is 0 Å². The molecule has 0 aromatic carbocycles. The van der Waals surface area contributed by atoms with Crippen molar-refractivity contribution in [3.63, 3.8) is 0 Å². The first-order valence-corrected chi connectivity index (χ1v) is 8.52. The molecule has 0 spiro atoms. The van der Waals surface area contributed by atoms with Gasteiger partial charge in [-0.2, -0.15) is 0 Å². The molecule has 0 amide bonds. The summed E-state index contributed by atoms with van der Waals surface area (Å²) in [7, 11) is 0. The monoisotopic (exact) mass is 296 g/mol. The van der Waals surface area contributed by atoms with Gasteiger partial charge in [-0.3, -0.25) is 4.79 Å². The van der Waals surface area contributed by atoms with Gasteiger partial charge in [-0.25, -0.2) is 0 Å². The topological polar surface area (TPSA) is 46.5 Å². The lowest BCUT2D eigenvalue weighted by Gasteiger charge is -2.10. The van der Waals surface area contributed by atoms with Crippen molar-refractivity contribution < 1.29 is 14.6 Å². The Bertz CT molecular complexity index is 301. The normalized spacial score (nSPS) is 11.7. The molecule has 122 valence electrons. The Kier molecular flexibility index (Phi) is 14.6. The number of carboxylic acid groups (broad SMARTS) is 1. The highest BCUT2D eigenvalue weighted by Crippen LogP contribution is 2.07. The lowest BCUT2D eigenvalue weighted by atomic mass is 10.1. The van der Waals surface area contributed by atoms with E-state index in [1.165, 1.54) is 32.1 Å². The number of rotatable bonds is 13. The summed E-state index contributed by atoms with van der Waals surface area (Å²) in [6.07, 6.45) is 11.0. The maximum atomic E-state index is 10.6. The van der Waals surface area contributed by atoms with Crippen molar-refractivity contribution in [1.29, 1.82) is 0 Å². The fourth-order valence-electron chi connectivity index (χ4n) is 2.00. The maximum absolute atomic E-state index is 10.6. The third-order valence-electron chi connectivity index (χ3n) is 3.36. The smallest absolute Gasteiger partial charge is 0.303 e. The van der Waals surface area contributed by atoms with Crippen LogP contribution >= 0.6 is 0 Å². The average molecular weight is 296 g/mol. The van der Waals surface area contributed by atoms with E-state index < -0.39 is 5.97 Å². The number of ether oxygens (including phenoxy) is 1. The van der Waals surface area contributed by atoms with Crippen molar-refractivity contribution in [2.75, 3.05) is 6.61 Å². The van der Waals surface area contributed by atoms with Gasteiger partial charge in [-0.05, 0) is 19.3 Å². The van der Waals surface area contributed by atoms with Crippen LogP contribution < -0.4 is 0 Å². The van der Waals surface area contributed by atoms with Crippen molar-refractivity contribution in [3.8, 4) is 11.8 Å². The first kappa shape index (κ1) is 20.0. The van der Waals surface area contributed by atoms with Crippen LogP contribution in [-0.4, -0.2) is 23.8 Å². The van der Waals surface area contributed by atoms with Crippen LogP contribution in [0.15, 0.2) is 0 Å². The van der Waals surface area contributed by atoms with Gasteiger partial charge in [0, 0.05) is 19.4 Å². The zero-order chi connectivity index (χ0) is 15.8. The van der Waals surface area contributed by atoms with Gasteiger partial charge >= 0.3 is 5.97 Å². The van der Waals surface area contributed by atoms with Gasteiger partial charge in [0.1, 0.15) is 6.10 Å². The molecule has 1 N–H and O–H groups in total. The quantitative estimate of drug-likeness (QED) is 0.392. The predicted octanol–water partition coefficient (Wildman–Crippen LogP) is 4.79. The Balaban J connectivity index is 3.85. The molecule has 0 aromatic heterocycles. The average Bonchev–Trinajstić information content (AvgIpc) is 2.46. The van der Waals surface area contributed by atoms with Crippen molar-refractivity contribution in [3.05, 3.63) is 0 Å². The molecular weight excluding hydrogens is 264 g/mol. The van der Waals surface area contributed by atoms with Crippen LogP contribution in [0.25, 0.3) is 0 Å². The molecule has 0 aromatic rings. The Labute approximate surface area is 130 Å². The summed E-state index contributed by atoms with van der Waals surface area (Å²) in [6.45, 7) is 5.01. The van der Waals surface area contributed by atoms with E-state index in [4.69, 9.17) is 9.84 Å². The summed E-state index contributed by atoms with van der Waals surface area (Å²) in [4.78, 5) is 10.6. The third-order valence-corrected chi connectivity index (χ3v) is 3.36. The summed E-state index contributed by atoms with van der Waals surface area (Å²) in [5.41, 5.74) is 0. The molecule has 21 heavy (non-hydrogen) atoms. The highest BCUT2D eigenvalue weighted by molar-refractivity contribution is 5.66. The Morgan fingerprint density at radius 2 is 1.71 bits per heavy atom. The van der Waals surface area contributed by atoms with Crippen molar-refractivity contribution in [1.82, 2.24) is 0 Å². The van der Waals surface area contributed by atoms with E-state index in [1.54, 1.807) is 0 Å². The van der Waals surface area contributed by atoms with E-state index in [-0.39, 0.29) is 12.5 Å². The molecule has 3 heteroatoms. The fourth-order valence-corrected chi connectivity index (χ4v) is 2.00. The van der Waals surface area contributed by atoms with Crippen LogP contribution in [0.4, 0.5) is 0 Å². The second kappa shape index (κ2) is 15.4. The summed E-state index contributed by atoms with van der Waals surface area (Å²) < 4.78 is 5.66. The molecule has 0 aliphatic heterocycles. The molecule has 3 nitrogen and oxygen atoms in total. The molecule has 0 aliphatic carbocycles. The van der Waals surface area contributed by atoms with Crippen LogP contribution in [-0.2, 0) is 9.53 Å². The molecule has 0 heterocycles. The highest BCUT2D eigenvalue weighted by Gasteiger charge is 2.07. The van der Waals surface area contributed by atoms with Gasteiger partial charge in [0.05, 0.1) is 0 Å². The predicted molar refractivity (Wildman–Crippen MR) is 87.3 cm³/mol. The number of carboxylic acids is 1. The fraction of sp³-hybridized carbons (Fsp3) is 0.833. The number of unbranched alkanes of at least 4 members (excludes halogenated alkanes) is 7. The standard InChI is InChI=1S/C18H32O3/c1-3-5-7-8-9-10-11-12-13-17(14-15-18(19)20)21-16-6-4-2/h17H,3-11,14-16H2,1-2H3,(H,19,20)/t17-/m1/s1. The van der Waals surface area contributed by atoms with Gasteiger partial charge in [0.2, 0.25) is 0 Å². The molecule has 0 aliphatic rings. The van der Waals surface area contributed by atoms with E-state index in [2.05, 4.69) is 25.7 Å². The van der Waals surface area contributed by atoms with Crippen LogP contribution in [0.2, 0.25) is 0 Å². The van der Waals surface area contributed by atoms with Gasteiger partial charge < -0.3 is 9.84 Å². The minimum atomic E-state index is -0.781. The van der Waals surface area contributed by atoms with Gasteiger partial charge in [-0.15, -0.1) is 5.92 Å². The zero-order valence-electron chi connectivity index (χ0n) is 13.8. The first-order valence-electron chi connectivity index (χ1n) is 8.52. The minimum absolute atomic E-state index is 0.127. The summed E-state index contributed by atoms with van der Waals surface area (Å²) in [5.74, 6) is 5.48. The second-order valence-corrected chi connectivity index (χ2v) is 5.48. The Morgan fingerprint density at radius 3 is 2.38 bits per heavy atom. The van der Waals surface area contributed by atoms with Crippen molar-refractivity contribution in [2.45, 2.75) is 90.6 Å². The van der Waals surface area contributed by atoms with E-state index in [0.717, 1.165) is 25.7 Å². The molecule has 1 atom stereocenters. The van der Waals surface area contributed by atoms with E-state index in [9.17, 15) is 4.79 Å². The van der Waals surface area contributed by atoms with Gasteiger partial charge in [-0.1, -0.05) is 58.3 Å². The minimum Gasteiger partial charge on any atom is -0.481 e. The molecule has 0 saturated carbocycles.